The molecule has 6 N–H and O–H groups in total. The molecule has 0 aliphatic heterocycles. The number of carbonyl (C=O) groups excluding carboxylic acids is 3. The molecule has 0 saturated carbocycles. The van der Waals surface area contributed by atoms with Crippen LogP contribution in [0.25, 0.3) is 0 Å². The number of hydrogen-bond acceptors (Lipinski definition) is 7. The van der Waals surface area contributed by atoms with Gasteiger partial charge in [-0.15, -0.1) is 0 Å². The van der Waals surface area contributed by atoms with Crippen molar-refractivity contribution in [2.75, 3.05) is 80.0 Å². The van der Waals surface area contributed by atoms with Gasteiger partial charge in [-0.05, 0) is 0 Å². The van der Waals surface area contributed by atoms with Crippen LogP contribution in [0.5, 0.6) is 0 Å². The molecule has 0 aromatic heterocycles. The molecule has 0 atom stereocenters. The Bertz CT molecular complexity index is 415. The lowest BCUT2D eigenvalue weighted by molar-refractivity contribution is -0.121. The number of amides is 3. The molecular formula is C18H39N7O3. The lowest BCUT2D eigenvalue weighted by Gasteiger charge is -2.22. The van der Waals surface area contributed by atoms with Crippen molar-refractivity contribution in [1.29, 1.82) is 0 Å². The van der Waals surface area contributed by atoms with Gasteiger partial charge in [0, 0.05) is 99.3 Å². The fourth-order valence-corrected chi connectivity index (χ4v) is 2.40. The first-order valence-corrected chi connectivity index (χ1v) is 9.99. The van der Waals surface area contributed by atoms with Gasteiger partial charge in [-0.2, -0.15) is 0 Å². The highest BCUT2D eigenvalue weighted by Crippen LogP contribution is 1.94. The van der Waals surface area contributed by atoms with Crippen LogP contribution in [0.4, 0.5) is 0 Å². The average Bonchev–Trinajstić information content (AvgIpc) is 2.72. The summed E-state index contributed by atoms with van der Waals surface area (Å²) in [6.07, 6.45) is 1.35. The predicted molar refractivity (Wildman–Crippen MR) is 111 cm³/mol. The van der Waals surface area contributed by atoms with E-state index in [1.165, 1.54) is 0 Å². The van der Waals surface area contributed by atoms with Crippen molar-refractivity contribution in [1.82, 2.24) is 36.8 Å². The molecule has 0 aromatic carbocycles. The van der Waals surface area contributed by atoms with Crippen LogP contribution in [0.2, 0.25) is 0 Å². The molecule has 164 valence electrons. The molecule has 0 fully saturated rings. The van der Waals surface area contributed by atoms with Crippen molar-refractivity contribution >= 4 is 17.7 Å². The summed E-state index contributed by atoms with van der Waals surface area (Å²) >= 11 is 0. The molecule has 0 rings (SSSR count). The first-order valence-electron chi connectivity index (χ1n) is 9.99. The van der Waals surface area contributed by atoms with E-state index in [-0.39, 0.29) is 17.7 Å². The SMILES string of the molecule is CNC(=O)CCNCCNCCNCCN(CCC(=O)NC)CCC(=O)NC. The summed E-state index contributed by atoms with van der Waals surface area (Å²) in [5.74, 6) is 0.0569. The molecule has 0 unspecified atom stereocenters. The third kappa shape index (κ3) is 16.4. The van der Waals surface area contributed by atoms with Crippen molar-refractivity contribution in [3.05, 3.63) is 0 Å². The Hall–Kier alpha value is -1.75. The van der Waals surface area contributed by atoms with Gasteiger partial charge in [0.2, 0.25) is 17.7 Å². The Kier molecular flexibility index (Phi) is 17.4. The number of nitrogens with one attached hydrogen (secondary N) is 6. The Balaban J connectivity index is 3.72. The van der Waals surface area contributed by atoms with Crippen LogP contribution in [0.1, 0.15) is 19.3 Å². The van der Waals surface area contributed by atoms with Crippen LogP contribution in [-0.2, 0) is 14.4 Å². The lowest BCUT2D eigenvalue weighted by Crippen LogP contribution is -2.39. The summed E-state index contributed by atoms with van der Waals surface area (Å²) in [5.41, 5.74) is 0. The zero-order valence-corrected chi connectivity index (χ0v) is 17.7. The highest BCUT2D eigenvalue weighted by atomic mass is 16.2. The van der Waals surface area contributed by atoms with Gasteiger partial charge in [0.25, 0.3) is 0 Å². The molecule has 10 nitrogen and oxygen atoms in total. The molecule has 0 saturated heterocycles. The quantitative estimate of drug-likeness (QED) is 0.140. The van der Waals surface area contributed by atoms with Crippen molar-refractivity contribution in [3.63, 3.8) is 0 Å². The maximum Gasteiger partial charge on any atom is 0.221 e. The summed E-state index contributed by atoms with van der Waals surface area (Å²) in [7, 11) is 4.90. The van der Waals surface area contributed by atoms with Crippen LogP contribution >= 0.6 is 0 Å². The summed E-state index contributed by atoms with van der Waals surface area (Å²) in [6, 6.07) is 0. The van der Waals surface area contributed by atoms with Gasteiger partial charge in [-0.25, -0.2) is 0 Å². The second-order valence-corrected chi connectivity index (χ2v) is 6.36. The van der Waals surface area contributed by atoms with Crippen LogP contribution < -0.4 is 31.9 Å². The Labute approximate surface area is 168 Å². The predicted octanol–water partition coefficient (Wildman–Crippen LogP) is -2.53. The largest absolute Gasteiger partial charge is 0.359 e. The number of rotatable bonds is 18. The molecule has 10 heteroatoms. The summed E-state index contributed by atoms with van der Waals surface area (Å²) in [4.78, 5) is 36.1. The minimum Gasteiger partial charge on any atom is -0.359 e. The van der Waals surface area contributed by atoms with E-state index in [1.807, 2.05) is 0 Å². The average molecular weight is 402 g/mol. The third-order valence-electron chi connectivity index (χ3n) is 4.24. The van der Waals surface area contributed by atoms with E-state index >= 15 is 0 Å². The number of carbonyl (C=O) groups is 3. The van der Waals surface area contributed by atoms with Gasteiger partial charge < -0.3 is 36.8 Å². The molecule has 0 aliphatic rings. The van der Waals surface area contributed by atoms with Crippen LogP contribution in [0.15, 0.2) is 0 Å². The minimum atomic E-state index is 0.00559. The first kappa shape index (κ1) is 26.2. The monoisotopic (exact) mass is 401 g/mol. The minimum absolute atomic E-state index is 0.00559. The van der Waals surface area contributed by atoms with Gasteiger partial charge in [0.1, 0.15) is 0 Å². The van der Waals surface area contributed by atoms with Crippen molar-refractivity contribution in [2.24, 2.45) is 0 Å². The smallest absolute Gasteiger partial charge is 0.221 e. The molecule has 0 aliphatic carbocycles. The zero-order chi connectivity index (χ0) is 21.0. The molecule has 0 radical (unpaired) electrons. The van der Waals surface area contributed by atoms with E-state index < -0.39 is 0 Å². The first-order chi connectivity index (χ1) is 13.5. The molecular weight excluding hydrogens is 362 g/mol. The Morgan fingerprint density at radius 3 is 1.39 bits per heavy atom. The zero-order valence-electron chi connectivity index (χ0n) is 17.7. The van der Waals surface area contributed by atoms with Crippen molar-refractivity contribution in [3.8, 4) is 0 Å². The maximum atomic E-state index is 11.4. The van der Waals surface area contributed by atoms with Crippen molar-refractivity contribution in [2.45, 2.75) is 19.3 Å². The van der Waals surface area contributed by atoms with Crippen LogP contribution in [0, 0.1) is 0 Å². The molecule has 0 heterocycles. The van der Waals surface area contributed by atoms with Gasteiger partial charge in [-0.1, -0.05) is 0 Å². The molecule has 0 spiro atoms. The van der Waals surface area contributed by atoms with E-state index in [1.54, 1.807) is 21.1 Å². The highest BCUT2D eigenvalue weighted by Gasteiger charge is 2.09. The second-order valence-electron chi connectivity index (χ2n) is 6.36. The topological polar surface area (TPSA) is 127 Å². The van der Waals surface area contributed by atoms with E-state index in [0.717, 1.165) is 39.3 Å². The summed E-state index contributed by atoms with van der Waals surface area (Å²) < 4.78 is 0. The fraction of sp³-hybridized carbons (Fsp3) is 0.833. The maximum absolute atomic E-state index is 11.4. The van der Waals surface area contributed by atoms with Gasteiger partial charge >= 0.3 is 0 Å². The second kappa shape index (κ2) is 18.6. The Morgan fingerprint density at radius 1 is 0.536 bits per heavy atom. The lowest BCUT2D eigenvalue weighted by atomic mass is 10.3. The van der Waals surface area contributed by atoms with Crippen LogP contribution in [-0.4, -0.2) is 103 Å². The normalized spacial score (nSPS) is 10.7. The molecule has 0 aromatic rings. The van der Waals surface area contributed by atoms with E-state index in [0.29, 0.717) is 38.9 Å². The summed E-state index contributed by atoms with van der Waals surface area (Å²) in [5, 5.41) is 17.7. The number of hydrogen-bond donors (Lipinski definition) is 6. The van der Waals surface area contributed by atoms with Gasteiger partial charge in [0.05, 0.1) is 0 Å². The standard InChI is InChI=1S/C18H39N7O3/c1-19-16(26)4-7-22-8-9-23-10-11-24-12-15-25(13-5-17(27)20-2)14-6-18(28)21-3/h22-24H,4-15H2,1-3H3,(H,19,26)(H,20,27)(H,21,28). The summed E-state index contributed by atoms with van der Waals surface area (Å²) in [6.45, 7) is 6.91. The van der Waals surface area contributed by atoms with E-state index in [2.05, 4.69) is 36.8 Å². The molecule has 3 amide bonds. The van der Waals surface area contributed by atoms with Crippen LogP contribution in [0.3, 0.4) is 0 Å². The fourth-order valence-electron chi connectivity index (χ4n) is 2.40. The van der Waals surface area contributed by atoms with E-state index in [4.69, 9.17) is 0 Å². The third-order valence-corrected chi connectivity index (χ3v) is 4.24. The van der Waals surface area contributed by atoms with E-state index in [9.17, 15) is 14.4 Å². The molecule has 0 bridgehead atoms. The Morgan fingerprint density at radius 2 is 0.929 bits per heavy atom. The highest BCUT2D eigenvalue weighted by molar-refractivity contribution is 5.76. The van der Waals surface area contributed by atoms with Crippen molar-refractivity contribution < 1.29 is 14.4 Å². The van der Waals surface area contributed by atoms with Gasteiger partial charge in [-0.3, -0.25) is 14.4 Å². The number of nitrogens with zero attached hydrogens (tertiary/aromatic N) is 1. The molecule has 28 heavy (non-hydrogen) atoms. The van der Waals surface area contributed by atoms with Gasteiger partial charge in [0.15, 0.2) is 0 Å².